The van der Waals surface area contributed by atoms with E-state index in [-0.39, 0.29) is 4.90 Å². The van der Waals surface area contributed by atoms with Crippen LogP contribution >= 0.6 is 11.6 Å². The van der Waals surface area contributed by atoms with Crippen LogP contribution in [0.1, 0.15) is 5.56 Å². The molecule has 0 radical (unpaired) electrons. The van der Waals surface area contributed by atoms with E-state index in [1.165, 1.54) is 11.6 Å². The number of fused-ring (bicyclic) bond motifs is 2. The Kier molecular flexibility index (Phi) is 4.51. The fraction of sp³-hybridized carbons (Fsp3) is 0.105. The molecule has 0 bridgehead atoms. The molecule has 0 unspecified atom stereocenters. The highest BCUT2D eigenvalue weighted by molar-refractivity contribution is 7.89. The van der Waals surface area contributed by atoms with Crippen LogP contribution in [0.5, 0.6) is 0 Å². The standard InChI is InChI=1S/C19H17ClN4O2S/c20-13-3-4-14-12(11-24-17(14)10-13)7-9-22-16-5-6-18(27(21,25)26)15-2-1-8-23-19(15)16/h1-6,8,10-11,22,24H,7,9H2,(H2,21,25,26). The number of hydrogen-bond donors (Lipinski definition) is 3. The molecule has 4 aromatic rings. The largest absolute Gasteiger partial charge is 0.383 e. The number of benzene rings is 2. The molecule has 0 amide bonds. The average molecular weight is 401 g/mol. The summed E-state index contributed by atoms with van der Waals surface area (Å²) in [5.41, 5.74) is 3.52. The van der Waals surface area contributed by atoms with E-state index in [1.54, 1.807) is 24.4 Å². The summed E-state index contributed by atoms with van der Waals surface area (Å²) in [5, 5.41) is 11.0. The summed E-state index contributed by atoms with van der Waals surface area (Å²) in [5.74, 6) is 0. The van der Waals surface area contributed by atoms with Gasteiger partial charge in [0.2, 0.25) is 10.0 Å². The zero-order chi connectivity index (χ0) is 19.0. The van der Waals surface area contributed by atoms with Gasteiger partial charge in [-0.2, -0.15) is 0 Å². The Morgan fingerprint density at radius 3 is 2.81 bits per heavy atom. The van der Waals surface area contributed by atoms with Gasteiger partial charge in [-0.3, -0.25) is 4.98 Å². The predicted octanol–water partition coefficient (Wildman–Crippen LogP) is 3.67. The Morgan fingerprint density at radius 2 is 2.00 bits per heavy atom. The van der Waals surface area contributed by atoms with Crippen molar-refractivity contribution >= 4 is 49.1 Å². The van der Waals surface area contributed by atoms with E-state index < -0.39 is 10.0 Å². The number of sulfonamides is 1. The first-order chi connectivity index (χ1) is 12.9. The topological polar surface area (TPSA) is 101 Å². The minimum absolute atomic E-state index is 0.0738. The van der Waals surface area contributed by atoms with E-state index in [0.717, 1.165) is 23.0 Å². The zero-order valence-electron chi connectivity index (χ0n) is 14.2. The van der Waals surface area contributed by atoms with E-state index in [1.807, 2.05) is 24.4 Å². The smallest absolute Gasteiger partial charge is 0.238 e. The molecule has 0 spiro atoms. The molecule has 138 valence electrons. The molecule has 0 aliphatic rings. The molecule has 0 atom stereocenters. The van der Waals surface area contributed by atoms with E-state index in [0.29, 0.717) is 22.5 Å². The van der Waals surface area contributed by atoms with Crippen molar-refractivity contribution in [1.29, 1.82) is 0 Å². The number of halogens is 1. The molecule has 2 aromatic carbocycles. The molecular formula is C19H17ClN4O2S. The van der Waals surface area contributed by atoms with E-state index >= 15 is 0 Å². The Labute approximate surface area is 161 Å². The first-order valence-corrected chi connectivity index (χ1v) is 10.3. The van der Waals surface area contributed by atoms with Crippen molar-refractivity contribution in [2.24, 2.45) is 5.14 Å². The third kappa shape index (κ3) is 3.49. The van der Waals surface area contributed by atoms with Gasteiger partial charge in [-0.1, -0.05) is 17.7 Å². The number of rotatable bonds is 5. The highest BCUT2D eigenvalue weighted by Gasteiger charge is 2.15. The van der Waals surface area contributed by atoms with Crippen LogP contribution in [0.15, 0.2) is 59.8 Å². The van der Waals surface area contributed by atoms with Gasteiger partial charge in [0.05, 0.1) is 16.1 Å². The Hall–Kier alpha value is -2.61. The van der Waals surface area contributed by atoms with Crippen LogP contribution in [0.25, 0.3) is 21.8 Å². The number of primary sulfonamides is 1. The van der Waals surface area contributed by atoms with Crippen LogP contribution in [0.4, 0.5) is 5.69 Å². The third-order valence-electron chi connectivity index (χ3n) is 4.48. The lowest BCUT2D eigenvalue weighted by Crippen LogP contribution is -2.13. The van der Waals surface area contributed by atoms with Crippen molar-refractivity contribution in [2.75, 3.05) is 11.9 Å². The van der Waals surface area contributed by atoms with Gasteiger partial charge in [-0.25, -0.2) is 13.6 Å². The second kappa shape index (κ2) is 6.84. The summed E-state index contributed by atoms with van der Waals surface area (Å²) in [6.07, 6.45) is 4.39. The van der Waals surface area contributed by atoms with Gasteiger partial charge in [-0.05, 0) is 48.4 Å². The summed E-state index contributed by atoms with van der Waals surface area (Å²) >= 11 is 6.02. The van der Waals surface area contributed by atoms with E-state index in [9.17, 15) is 8.42 Å². The normalized spacial score (nSPS) is 11.9. The second-order valence-corrected chi connectivity index (χ2v) is 8.20. The fourth-order valence-electron chi connectivity index (χ4n) is 3.23. The molecular weight excluding hydrogens is 384 g/mol. The van der Waals surface area contributed by atoms with Gasteiger partial charge in [0.25, 0.3) is 0 Å². The van der Waals surface area contributed by atoms with Crippen LogP contribution in [-0.2, 0) is 16.4 Å². The first-order valence-electron chi connectivity index (χ1n) is 8.33. The molecule has 0 aliphatic heterocycles. The molecule has 0 aliphatic carbocycles. The molecule has 4 rings (SSSR count). The van der Waals surface area contributed by atoms with Crippen molar-refractivity contribution in [3.05, 3.63) is 65.4 Å². The molecule has 4 N–H and O–H groups in total. The number of aromatic amines is 1. The molecule has 6 nitrogen and oxygen atoms in total. The minimum Gasteiger partial charge on any atom is -0.383 e. The van der Waals surface area contributed by atoms with Crippen molar-refractivity contribution in [3.8, 4) is 0 Å². The zero-order valence-corrected chi connectivity index (χ0v) is 15.8. The highest BCUT2D eigenvalue weighted by atomic mass is 35.5. The van der Waals surface area contributed by atoms with Gasteiger partial charge < -0.3 is 10.3 Å². The van der Waals surface area contributed by atoms with Crippen molar-refractivity contribution in [1.82, 2.24) is 9.97 Å². The quantitative estimate of drug-likeness (QED) is 0.475. The van der Waals surface area contributed by atoms with E-state index in [4.69, 9.17) is 16.7 Å². The molecule has 0 saturated carbocycles. The Bertz CT molecular complexity index is 1250. The van der Waals surface area contributed by atoms with Crippen LogP contribution in [0, 0.1) is 0 Å². The first kappa shape index (κ1) is 17.8. The van der Waals surface area contributed by atoms with Crippen LogP contribution in [-0.4, -0.2) is 24.9 Å². The van der Waals surface area contributed by atoms with Gasteiger partial charge >= 0.3 is 0 Å². The van der Waals surface area contributed by atoms with Crippen LogP contribution in [0.2, 0.25) is 5.02 Å². The lowest BCUT2D eigenvalue weighted by atomic mass is 10.1. The van der Waals surface area contributed by atoms with E-state index in [2.05, 4.69) is 15.3 Å². The maximum absolute atomic E-state index is 11.8. The molecule has 2 aromatic heterocycles. The number of nitrogens with two attached hydrogens (primary N) is 1. The monoisotopic (exact) mass is 400 g/mol. The minimum atomic E-state index is -3.81. The maximum atomic E-state index is 11.8. The Balaban J connectivity index is 1.59. The number of nitrogens with zero attached hydrogens (tertiary/aromatic N) is 1. The average Bonchev–Trinajstić information content (AvgIpc) is 3.03. The van der Waals surface area contributed by atoms with Gasteiger partial charge in [0, 0.05) is 40.3 Å². The summed E-state index contributed by atoms with van der Waals surface area (Å²) < 4.78 is 23.6. The summed E-state index contributed by atoms with van der Waals surface area (Å²) in [7, 11) is -3.81. The molecule has 2 heterocycles. The number of hydrogen-bond acceptors (Lipinski definition) is 4. The van der Waals surface area contributed by atoms with Gasteiger partial charge in [-0.15, -0.1) is 0 Å². The lowest BCUT2D eigenvalue weighted by molar-refractivity contribution is 0.598. The van der Waals surface area contributed by atoms with Gasteiger partial charge in [0.1, 0.15) is 0 Å². The number of anilines is 1. The number of nitrogens with one attached hydrogen (secondary N) is 2. The van der Waals surface area contributed by atoms with Crippen molar-refractivity contribution in [2.45, 2.75) is 11.3 Å². The number of H-pyrrole nitrogens is 1. The molecule has 0 fully saturated rings. The predicted molar refractivity (Wildman–Crippen MR) is 109 cm³/mol. The summed E-state index contributed by atoms with van der Waals surface area (Å²) in [6, 6.07) is 12.4. The highest BCUT2D eigenvalue weighted by Crippen LogP contribution is 2.27. The summed E-state index contributed by atoms with van der Waals surface area (Å²) in [4.78, 5) is 7.63. The fourth-order valence-corrected chi connectivity index (χ4v) is 4.14. The molecule has 27 heavy (non-hydrogen) atoms. The SMILES string of the molecule is NS(=O)(=O)c1ccc(NCCc2c[nH]c3cc(Cl)ccc23)c2ncccc12. The van der Waals surface area contributed by atoms with Crippen molar-refractivity contribution < 1.29 is 8.42 Å². The van der Waals surface area contributed by atoms with Gasteiger partial charge in [0.15, 0.2) is 0 Å². The van der Waals surface area contributed by atoms with Crippen LogP contribution in [0.3, 0.4) is 0 Å². The maximum Gasteiger partial charge on any atom is 0.238 e. The third-order valence-corrected chi connectivity index (χ3v) is 5.68. The number of pyridine rings is 1. The summed E-state index contributed by atoms with van der Waals surface area (Å²) in [6.45, 7) is 0.663. The molecule has 0 saturated heterocycles. The van der Waals surface area contributed by atoms with Crippen LogP contribution < -0.4 is 10.5 Å². The second-order valence-electron chi connectivity index (χ2n) is 6.24. The lowest BCUT2D eigenvalue weighted by Gasteiger charge is -2.11. The van der Waals surface area contributed by atoms with Crippen molar-refractivity contribution in [3.63, 3.8) is 0 Å². The number of aromatic nitrogens is 2. The molecule has 8 heteroatoms. The Morgan fingerprint density at radius 1 is 1.15 bits per heavy atom.